The fraction of sp³-hybridized carbons (Fsp3) is 0.417. The molecule has 0 radical (unpaired) electrons. The minimum atomic E-state index is -0.593. The molecule has 20 heavy (non-hydrogen) atoms. The highest BCUT2D eigenvalue weighted by atomic mass is 19.1. The van der Waals surface area contributed by atoms with Gasteiger partial charge in [0.2, 0.25) is 0 Å². The number of ether oxygens (including phenoxy) is 1. The van der Waals surface area contributed by atoms with Gasteiger partial charge < -0.3 is 10.1 Å². The maximum atomic E-state index is 13.8. The summed E-state index contributed by atoms with van der Waals surface area (Å²) in [6.07, 6.45) is 0. The van der Waals surface area contributed by atoms with Gasteiger partial charge in [-0.25, -0.2) is 8.78 Å². The topological polar surface area (TPSA) is 64.9 Å². The number of hydrogen-bond donors (Lipinski definition) is 1. The number of nitrogens with one attached hydrogen (secondary N) is 1. The fourth-order valence-electron chi connectivity index (χ4n) is 1.75. The molecule has 0 amide bonds. The van der Waals surface area contributed by atoms with Gasteiger partial charge in [-0.1, -0.05) is 0 Å². The highest BCUT2D eigenvalue weighted by molar-refractivity contribution is 5.33. The van der Waals surface area contributed by atoms with Crippen LogP contribution in [0.25, 0.3) is 5.69 Å². The van der Waals surface area contributed by atoms with E-state index in [1.54, 1.807) is 7.11 Å². The first-order chi connectivity index (χ1) is 9.63. The summed E-state index contributed by atoms with van der Waals surface area (Å²) in [6, 6.07) is 2.90. The zero-order chi connectivity index (χ0) is 14.5. The van der Waals surface area contributed by atoms with Crippen molar-refractivity contribution in [1.29, 1.82) is 0 Å². The van der Waals surface area contributed by atoms with Crippen LogP contribution in [0.15, 0.2) is 18.2 Å². The van der Waals surface area contributed by atoms with Crippen LogP contribution < -0.4 is 5.32 Å². The Kier molecular flexibility index (Phi) is 4.70. The molecule has 0 saturated carbocycles. The molecule has 0 fully saturated rings. The smallest absolute Gasteiger partial charge is 0.173 e. The molecule has 1 heterocycles. The molecule has 108 valence electrons. The molecule has 0 saturated heterocycles. The van der Waals surface area contributed by atoms with Gasteiger partial charge in [-0.15, -0.1) is 5.10 Å². The molecular formula is C12H15F2N5O. The van der Waals surface area contributed by atoms with Gasteiger partial charge in [-0.05, 0) is 29.5 Å². The summed E-state index contributed by atoms with van der Waals surface area (Å²) >= 11 is 0. The Balaban J connectivity index is 2.26. The van der Waals surface area contributed by atoms with E-state index in [-0.39, 0.29) is 11.7 Å². The van der Waals surface area contributed by atoms with Crippen LogP contribution >= 0.6 is 0 Å². The van der Waals surface area contributed by atoms with Gasteiger partial charge in [-0.3, -0.25) is 0 Å². The van der Waals surface area contributed by atoms with Crippen molar-refractivity contribution in [1.82, 2.24) is 25.5 Å². The lowest BCUT2D eigenvalue weighted by molar-refractivity contribution is 0.196. The molecule has 1 N–H and O–H groups in total. The summed E-state index contributed by atoms with van der Waals surface area (Å²) in [6.45, 7) is 2.95. The molecule has 0 spiro atoms. The van der Waals surface area contributed by atoms with Gasteiger partial charge in [0.15, 0.2) is 5.82 Å². The van der Waals surface area contributed by atoms with Crippen LogP contribution in [-0.2, 0) is 4.74 Å². The first-order valence-corrected chi connectivity index (χ1v) is 6.09. The molecular weight excluding hydrogens is 268 g/mol. The second-order valence-electron chi connectivity index (χ2n) is 4.21. The van der Waals surface area contributed by atoms with Crippen LogP contribution in [0.1, 0.15) is 18.8 Å². The monoisotopic (exact) mass is 283 g/mol. The molecule has 0 bridgehead atoms. The molecule has 0 aliphatic heterocycles. The van der Waals surface area contributed by atoms with E-state index in [2.05, 4.69) is 20.8 Å². The van der Waals surface area contributed by atoms with Crippen LogP contribution in [0.4, 0.5) is 8.78 Å². The van der Waals surface area contributed by atoms with E-state index in [9.17, 15) is 8.78 Å². The van der Waals surface area contributed by atoms with Crippen molar-refractivity contribution in [3.63, 3.8) is 0 Å². The predicted molar refractivity (Wildman–Crippen MR) is 67.4 cm³/mol. The molecule has 6 nitrogen and oxygen atoms in total. The van der Waals surface area contributed by atoms with Gasteiger partial charge in [0.1, 0.15) is 17.3 Å². The summed E-state index contributed by atoms with van der Waals surface area (Å²) < 4.78 is 33.1. The Morgan fingerprint density at radius 2 is 2.20 bits per heavy atom. The summed E-state index contributed by atoms with van der Waals surface area (Å²) in [5.74, 6) is -0.752. The van der Waals surface area contributed by atoms with Gasteiger partial charge in [0.05, 0.1) is 12.6 Å². The second-order valence-corrected chi connectivity index (χ2v) is 4.21. The Bertz CT molecular complexity index is 575. The maximum Gasteiger partial charge on any atom is 0.173 e. The van der Waals surface area contributed by atoms with Crippen molar-refractivity contribution in [3.8, 4) is 5.69 Å². The largest absolute Gasteiger partial charge is 0.383 e. The van der Waals surface area contributed by atoms with E-state index >= 15 is 0 Å². The third-order valence-electron chi connectivity index (χ3n) is 2.77. The molecule has 1 unspecified atom stereocenters. The van der Waals surface area contributed by atoms with Crippen LogP contribution in [0, 0.1) is 11.6 Å². The van der Waals surface area contributed by atoms with Crippen molar-refractivity contribution in [2.75, 3.05) is 20.3 Å². The van der Waals surface area contributed by atoms with Gasteiger partial charge in [0.25, 0.3) is 0 Å². The van der Waals surface area contributed by atoms with Crippen molar-refractivity contribution < 1.29 is 13.5 Å². The van der Waals surface area contributed by atoms with E-state index in [1.807, 2.05) is 6.92 Å². The fourth-order valence-corrected chi connectivity index (χ4v) is 1.75. The van der Waals surface area contributed by atoms with Gasteiger partial charge in [0, 0.05) is 19.7 Å². The van der Waals surface area contributed by atoms with Crippen LogP contribution in [-0.4, -0.2) is 40.5 Å². The van der Waals surface area contributed by atoms with Crippen molar-refractivity contribution in [2.45, 2.75) is 13.0 Å². The normalized spacial score (nSPS) is 12.6. The van der Waals surface area contributed by atoms with E-state index < -0.39 is 11.6 Å². The SMILES string of the molecule is COCCNC(C)c1nnnn1-c1cc(F)ccc1F. The highest BCUT2D eigenvalue weighted by Gasteiger charge is 2.18. The predicted octanol–water partition coefficient (Wildman–Crippen LogP) is 1.24. The number of nitrogens with zero attached hydrogens (tertiary/aromatic N) is 4. The lowest BCUT2D eigenvalue weighted by Gasteiger charge is -2.13. The minimum Gasteiger partial charge on any atom is -0.383 e. The Morgan fingerprint density at radius 3 is 2.95 bits per heavy atom. The van der Waals surface area contributed by atoms with Crippen LogP contribution in [0.5, 0.6) is 0 Å². The van der Waals surface area contributed by atoms with Crippen molar-refractivity contribution in [3.05, 3.63) is 35.7 Å². The number of hydrogen-bond acceptors (Lipinski definition) is 5. The number of halogens is 2. The quantitative estimate of drug-likeness (QED) is 0.808. The standard InChI is InChI=1S/C12H15F2N5O/c1-8(15-5-6-20-2)12-16-17-18-19(12)11-7-9(13)3-4-10(11)14/h3-4,7-8,15H,5-6H2,1-2H3. The Morgan fingerprint density at radius 1 is 1.40 bits per heavy atom. The van der Waals surface area contributed by atoms with Crippen molar-refractivity contribution in [2.24, 2.45) is 0 Å². The third-order valence-corrected chi connectivity index (χ3v) is 2.77. The number of aromatic nitrogens is 4. The van der Waals surface area contributed by atoms with E-state index in [1.165, 1.54) is 4.68 Å². The number of rotatable bonds is 6. The van der Waals surface area contributed by atoms with E-state index in [0.717, 1.165) is 18.2 Å². The molecule has 1 aromatic carbocycles. The maximum absolute atomic E-state index is 13.8. The molecule has 0 aliphatic rings. The Labute approximate surface area is 114 Å². The summed E-state index contributed by atoms with van der Waals surface area (Å²) in [5.41, 5.74) is -0.0228. The third kappa shape index (κ3) is 3.14. The number of methoxy groups -OCH3 is 1. The first-order valence-electron chi connectivity index (χ1n) is 6.09. The first kappa shape index (κ1) is 14.5. The van der Waals surface area contributed by atoms with Crippen molar-refractivity contribution >= 4 is 0 Å². The number of tetrazole rings is 1. The zero-order valence-electron chi connectivity index (χ0n) is 11.2. The zero-order valence-corrected chi connectivity index (χ0v) is 11.2. The van der Waals surface area contributed by atoms with Gasteiger partial charge >= 0.3 is 0 Å². The second kappa shape index (κ2) is 6.49. The number of benzene rings is 1. The summed E-state index contributed by atoms with van der Waals surface area (Å²) in [5, 5.41) is 14.2. The van der Waals surface area contributed by atoms with Crippen LogP contribution in [0.3, 0.4) is 0 Å². The lowest BCUT2D eigenvalue weighted by Crippen LogP contribution is -2.25. The van der Waals surface area contributed by atoms with Gasteiger partial charge in [-0.2, -0.15) is 4.68 Å². The highest BCUT2D eigenvalue weighted by Crippen LogP contribution is 2.18. The molecule has 0 aliphatic carbocycles. The summed E-state index contributed by atoms with van der Waals surface area (Å²) in [4.78, 5) is 0. The molecule has 8 heteroatoms. The minimum absolute atomic E-state index is 0.0228. The average Bonchev–Trinajstić information content (AvgIpc) is 2.91. The molecule has 2 rings (SSSR count). The molecule has 1 aromatic heterocycles. The molecule has 2 aromatic rings. The average molecular weight is 283 g/mol. The van der Waals surface area contributed by atoms with E-state index in [0.29, 0.717) is 19.0 Å². The molecule has 1 atom stereocenters. The van der Waals surface area contributed by atoms with Crippen LogP contribution in [0.2, 0.25) is 0 Å². The van der Waals surface area contributed by atoms with E-state index in [4.69, 9.17) is 4.74 Å². The summed E-state index contributed by atoms with van der Waals surface area (Å²) in [7, 11) is 1.60. The lowest BCUT2D eigenvalue weighted by atomic mass is 10.2. The Hall–Kier alpha value is -1.93.